The zero-order valence-corrected chi connectivity index (χ0v) is 8.74. The minimum absolute atomic E-state index is 0.410. The number of carbonyl (C=O) groups excluding carboxylic acids is 1. The number of carbonyl (C=O) groups is 1. The quantitative estimate of drug-likeness (QED) is 0.730. The monoisotopic (exact) mass is 193 g/mol. The lowest BCUT2D eigenvalue weighted by molar-refractivity contribution is -0.162. The van der Waals surface area contributed by atoms with Crippen LogP contribution in [0.2, 0.25) is 0 Å². The summed E-state index contributed by atoms with van der Waals surface area (Å²) in [6.45, 7) is 5.30. The Morgan fingerprint density at radius 1 is 1.31 bits per heavy atom. The summed E-state index contributed by atoms with van der Waals surface area (Å²) in [5, 5.41) is 2.27. The molecule has 0 radical (unpaired) electrons. The van der Waals surface area contributed by atoms with Gasteiger partial charge in [0.25, 0.3) is 5.92 Å². The van der Waals surface area contributed by atoms with Crippen molar-refractivity contribution in [1.29, 1.82) is 0 Å². The van der Waals surface area contributed by atoms with Gasteiger partial charge in [0, 0.05) is 14.0 Å². The second-order valence-corrected chi connectivity index (χ2v) is 3.82. The Hall–Kier alpha value is -0.670. The van der Waals surface area contributed by atoms with Crippen molar-refractivity contribution in [2.45, 2.75) is 33.6 Å². The number of amides is 1. The van der Waals surface area contributed by atoms with Crippen molar-refractivity contribution < 1.29 is 13.6 Å². The van der Waals surface area contributed by atoms with Crippen LogP contribution in [0.3, 0.4) is 0 Å². The molecule has 2 nitrogen and oxygen atoms in total. The van der Waals surface area contributed by atoms with E-state index in [1.54, 1.807) is 13.8 Å². The summed E-state index contributed by atoms with van der Waals surface area (Å²) in [6.07, 6.45) is 0. The molecular weight excluding hydrogens is 176 g/mol. The van der Waals surface area contributed by atoms with E-state index in [9.17, 15) is 13.6 Å². The van der Waals surface area contributed by atoms with E-state index < -0.39 is 23.2 Å². The molecule has 0 rings (SSSR count). The molecule has 0 aromatic heterocycles. The van der Waals surface area contributed by atoms with Crippen LogP contribution in [0.25, 0.3) is 0 Å². The minimum Gasteiger partial charge on any atom is -0.359 e. The van der Waals surface area contributed by atoms with Crippen LogP contribution in [0.1, 0.15) is 27.7 Å². The molecule has 4 heteroatoms. The molecule has 0 fully saturated rings. The van der Waals surface area contributed by atoms with Crippen LogP contribution in [0, 0.1) is 11.3 Å². The number of hydrogen-bond donors (Lipinski definition) is 1. The fourth-order valence-corrected chi connectivity index (χ4v) is 1.23. The van der Waals surface area contributed by atoms with Crippen LogP contribution in [-0.2, 0) is 4.79 Å². The molecule has 13 heavy (non-hydrogen) atoms. The van der Waals surface area contributed by atoms with Gasteiger partial charge in [-0.3, -0.25) is 4.79 Å². The lowest BCUT2D eigenvalue weighted by Gasteiger charge is -2.36. The van der Waals surface area contributed by atoms with Gasteiger partial charge >= 0.3 is 0 Å². The van der Waals surface area contributed by atoms with Crippen molar-refractivity contribution in [3.05, 3.63) is 0 Å². The molecule has 1 atom stereocenters. The van der Waals surface area contributed by atoms with E-state index in [-0.39, 0.29) is 0 Å². The van der Waals surface area contributed by atoms with Crippen molar-refractivity contribution in [3.63, 3.8) is 0 Å². The summed E-state index contributed by atoms with van der Waals surface area (Å²) in [5.74, 6) is -4.04. The molecule has 0 bridgehead atoms. The number of halogens is 2. The molecule has 1 amide bonds. The first-order valence-electron chi connectivity index (χ1n) is 4.28. The highest BCUT2D eigenvalue weighted by molar-refractivity contribution is 5.83. The lowest BCUT2D eigenvalue weighted by atomic mass is 9.73. The third-order valence-electron chi connectivity index (χ3n) is 2.77. The standard InChI is InChI=1S/C9H17F2NO/c1-6(2)8(3,7(13)12-5)9(4,10)11/h6H,1-5H3,(H,12,13)/t8-/m1/s1. The Labute approximate surface area is 77.7 Å². The van der Waals surface area contributed by atoms with Crippen LogP contribution < -0.4 is 5.32 Å². The first kappa shape index (κ1) is 12.3. The highest BCUT2D eigenvalue weighted by Crippen LogP contribution is 2.42. The van der Waals surface area contributed by atoms with E-state index in [1.165, 1.54) is 14.0 Å². The Morgan fingerprint density at radius 2 is 1.69 bits per heavy atom. The van der Waals surface area contributed by atoms with Crippen LogP contribution >= 0.6 is 0 Å². The second-order valence-electron chi connectivity index (χ2n) is 3.82. The Morgan fingerprint density at radius 3 is 1.77 bits per heavy atom. The van der Waals surface area contributed by atoms with Crippen molar-refractivity contribution in [1.82, 2.24) is 5.32 Å². The number of nitrogens with one attached hydrogen (secondary N) is 1. The van der Waals surface area contributed by atoms with E-state index in [0.717, 1.165) is 6.92 Å². The molecule has 0 aromatic carbocycles. The van der Waals surface area contributed by atoms with E-state index in [2.05, 4.69) is 5.32 Å². The molecule has 0 unspecified atom stereocenters. The number of rotatable bonds is 3. The predicted molar refractivity (Wildman–Crippen MR) is 47.6 cm³/mol. The molecule has 0 aliphatic carbocycles. The Bertz CT molecular complexity index is 198. The summed E-state index contributed by atoms with van der Waals surface area (Å²) in [7, 11) is 1.37. The minimum atomic E-state index is -3.01. The van der Waals surface area contributed by atoms with Crippen LogP contribution in [0.5, 0.6) is 0 Å². The molecule has 0 spiro atoms. The smallest absolute Gasteiger partial charge is 0.259 e. The molecule has 0 aromatic rings. The van der Waals surface area contributed by atoms with Crippen molar-refractivity contribution in [2.24, 2.45) is 11.3 Å². The van der Waals surface area contributed by atoms with Gasteiger partial charge in [0.1, 0.15) is 5.41 Å². The molecule has 0 heterocycles. The van der Waals surface area contributed by atoms with Gasteiger partial charge in [-0.15, -0.1) is 0 Å². The van der Waals surface area contributed by atoms with E-state index in [1.807, 2.05) is 0 Å². The third kappa shape index (κ3) is 1.98. The zero-order valence-electron chi connectivity index (χ0n) is 8.74. The summed E-state index contributed by atoms with van der Waals surface area (Å²) in [4.78, 5) is 11.3. The summed E-state index contributed by atoms with van der Waals surface area (Å²) in [6, 6.07) is 0. The van der Waals surface area contributed by atoms with Gasteiger partial charge in [-0.2, -0.15) is 0 Å². The lowest BCUT2D eigenvalue weighted by Crippen LogP contribution is -2.51. The largest absolute Gasteiger partial charge is 0.359 e. The molecule has 0 aliphatic heterocycles. The number of alkyl halides is 2. The molecular formula is C9H17F2NO. The van der Waals surface area contributed by atoms with Gasteiger partial charge in [0.05, 0.1) is 0 Å². The van der Waals surface area contributed by atoms with Gasteiger partial charge in [0.15, 0.2) is 0 Å². The van der Waals surface area contributed by atoms with Crippen molar-refractivity contribution in [2.75, 3.05) is 7.05 Å². The predicted octanol–water partition coefficient (Wildman–Crippen LogP) is 2.05. The highest BCUT2D eigenvalue weighted by Gasteiger charge is 2.53. The highest BCUT2D eigenvalue weighted by atomic mass is 19.3. The maximum absolute atomic E-state index is 13.2. The average Bonchev–Trinajstić information content (AvgIpc) is 1.98. The topological polar surface area (TPSA) is 29.1 Å². The maximum atomic E-state index is 13.2. The summed E-state index contributed by atoms with van der Waals surface area (Å²) < 4.78 is 26.4. The normalized spacial score (nSPS) is 16.9. The zero-order chi connectivity index (χ0) is 10.9. The van der Waals surface area contributed by atoms with Gasteiger partial charge in [-0.05, 0) is 12.8 Å². The molecule has 0 aliphatic rings. The van der Waals surface area contributed by atoms with Crippen LogP contribution in [-0.4, -0.2) is 18.9 Å². The SMILES string of the molecule is CNC(=O)[C@@](C)(C(C)C)C(C)(F)F. The molecule has 0 saturated carbocycles. The summed E-state index contributed by atoms with van der Waals surface area (Å²) in [5.41, 5.74) is -1.64. The molecule has 0 saturated heterocycles. The van der Waals surface area contributed by atoms with Gasteiger partial charge in [0.2, 0.25) is 5.91 Å². The Kier molecular flexibility index (Phi) is 3.41. The second kappa shape index (κ2) is 3.60. The number of hydrogen-bond acceptors (Lipinski definition) is 1. The van der Waals surface area contributed by atoms with E-state index in [4.69, 9.17) is 0 Å². The molecule has 78 valence electrons. The van der Waals surface area contributed by atoms with Crippen LogP contribution in [0.4, 0.5) is 8.78 Å². The van der Waals surface area contributed by atoms with Gasteiger partial charge in [-0.25, -0.2) is 8.78 Å². The van der Waals surface area contributed by atoms with E-state index in [0.29, 0.717) is 0 Å². The summed E-state index contributed by atoms with van der Waals surface area (Å²) >= 11 is 0. The van der Waals surface area contributed by atoms with Crippen molar-refractivity contribution >= 4 is 5.91 Å². The average molecular weight is 193 g/mol. The van der Waals surface area contributed by atoms with Crippen LogP contribution in [0.15, 0.2) is 0 Å². The maximum Gasteiger partial charge on any atom is 0.259 e. The fourth-order valence-electron chi connectivity index (χ4n) is 1.23. The van der Waals surface area contributed by atoms with E-state index >= 15 is 0 Å². The van der Waals surface area contributed by atoms with Crippen molar-refractivity contribution in [3.8, 4) is 0 Å². The van der Waals surface area contributed by atoms with Gasteiger partial charge in [-0.1, -0.05) is 13.8 Å². The fraction of sp³-hybridized carbons (Fsp3) is 0.889. The molecule has 1 N–H and O–H groups in total. The first-order valence-corrected chi connectivity index (χ1v) is 4.28. The van der Waals surface area contributed by atoms with Gasteiger partial charge < -0.3 is 5.32 Å². The first-order chi connectivity index (χ1) is 5.67. The Balaban J connectivity index is 5.08. The third-order valence-corrected chi connectivity index (χ3v) is 2.77.